The zero-order valence-corrected chi connectivity index (χ0v) is 53.5. The predicted octanol–water partition coefficient (Wildman–Crippen LogP) is 23.7. The van der Waals surface area contributed by atoms with Gasteiger partial charge < -0.3 is 14.2 Å². The molecule has 82 heavy (non-hydrogen) atoms. The fourth-order valence-electron chi connectivity index (χ4n) is 9.36. The van der Waals surface area contributed by atoms with E-state index in [0.29, 0.717) is 12.8 Å². The van der Waals surface area contributed by atoms with Crippen molar-refractivity contribution in [2.75, 3.05) is 13.2 Å². The second-order valence-electron chi connectivity index (χ2n) is 22.3. The van der Waals surface area contributed by atoms with Crippen LogP contribution in [0.25, 0.3) is 0 Å². The zero-order chi connectivity index (χ0) is 59.2. The van der Waals surface area contributed by atoms with Crippen molar-refractivity contribution in [2.45, 2.75) is 316 Å². The molecule has 6 heteroatoms. The molecule has 1 atom stereocenters. The van der Waals surface area contributed by atoms with Crippen LogP contribution in [0.15, 0.2) is 134 Å². The van der Waals surface area contributed by atoms with Gasteiger partial charge in [-0.15, -0.1) is 0 Å². The molecule has 0 saturated carbocycles. The van der Waals surface area contributed by atoms with Gasteiger partial charge in [0.25, 0.3) is 0 Å². The van der Waals surface area contributed by atoms with Gasteiger partial charge in [0.05, 0.1) is 0 Å². The van der Waals surface area contributed by atoms with Gasteiger partial charge in [0.2, 0.25) is 0 Å². The number of esters is 3. The third-order valence-electron chi connectivity index (χ3n) is 14.4. The molecule has 0 aliphatic heterocycles. The van der Waals surface area contributed by atoms with Crippen molar-refractivity contribution < 1.29 is 28.6 Å². The number of carbonyl (C=O) groups excluding carboxylic acids is 3. The molecule has 0 amide bonds. The minimum absolute atomic E-state index is 0.0930. The Morgan fingerprint density at radius 1 is 0.256 bits per heavy atom. The van der Waals surface area contributed by atoms with Gasteiger partial charge in [-0.2, -0.15) is 0 Å². The maximum Gasteiger partial charge on any atom is 0.306 e. The summed E-state index contributed by atoms with van der Waals surface area (Å²) in [6.07, 6.45) is 97.5. The van der Waals surface area contributed by atoms with Gasteiger partial charge in [-0.25, -0.2) is 0 Å². The van der Waals surface area contributed by atoms with Crippen LogP contribution in [0.4, 0.5) is 0 Å². The van der Waals surface area contributed by atoms with Crippen LogP contribution in [-0.2, 0) is 28.6 Å². The Kier molecular flexibility index (Phi) is 65.3. The number of hydrogen-bond acceptors (Lipinski definition) is 6. The summed E-state index contributed by atoms with van der Waals surface area (Å²) in [5.41, 5.74) is 0. The molecule has 0 radical (unpaired) electrons. The van der Waals surface area contributed by atoms with Crippen LogP contribution in [0.2, 0.25) is 0 Å². The average Bonchev–Trinajstić information content (AvgIpc) is 3.47. The number of unbranched alkanes of at least 4 members (excludes halogenated alkanes) is 28. The molecule has 0 aromatic heterocycles. The SMILES string of the molecule is CC/C=C\C/C=C\C/C=C\C/C=C\C/C=C\C/C=C\CCCCCCCCCCCCC(=O)OCC(COC(=O)CCCCCCCCCCCCCCCCCC)OC(=O)CCCCC/C=C\C/C=C\C/C=C\C/C=C\C/C=C\CC. The first-order valence-electron chi connectivity index (χ1n) is 34.2. The van der Waals surface area contributed by atoms with Gasteiger partial charge in [0, 0.05) is 19.3 Å². The summed E-state index contributed by atoms with van der Waals surface area (Å²) in [5.74, 6) is -0.921. The van der Waals surface area contributed by atoms with Crippen LogP contribution in [0.1, 0.15) is 310 Å². The van der Waals surface area contributed by atoms with Crippen molar-refractivity contribution >= 4 is 17.9 Å². The van der Waals surface area contributed by atoms with E-state index in [1.165, 1.54) is 135 Å². The summed E-state index contributed by atoms with van der Waals surface area (Å²) >= 11 is 0. The van der Waals surface area contributed by atoms with Crippen LogP contribution in [0.3, 0.4) is 0 Å². The topological polar surface area (TPSA) is 78.9 Å². The van der Waals surface area contributed by atoms with E-state index in [0.717, 1.165) is 135 Å². The first kappa shape index (κ1) is 77.5. The van der Waals surface area contributed by atoms with Crippen molar-refractivity contribution in [3.8, 4) is 0 Å². The van der Waals surface area contributed by atoms with E-state index in [2.05, 4.69) is 154 Å². The van der Waals surface area contributed by atoms with E-state index in [1.54, 1.807) is 0 Å². The van der Waals surface area contributed by atoms with Crippen molar-refractivity contribution in [3.63, 3.8) is 0 Å². The van der Waals surface area contributed by atoms with E-state index < -0.39 is 6.10 Å². The molecule has 0 rings (SSSR count). The number of ether oxygens (including phenoxy) is 3. The Morgan fingerprint density at radius 2 is 0.476 bits per heavy atom. The predicted molar refractivity (Wildman–Crippen MR) is 357 cm³/mol. The number of allylic oxidation sites excluding steroid dienone is 22. The number of rotatable bonds is 61. The molecule has 0 N–H and O–H groups in total. The summed E-state index contributed by atoms with van der Waals surface area (Å²) in [4.78, 5) is 38.4. The summed E-state index contributed by atoms with van der Waals surface area (Å²) < 4.78 is 16.9. The molecular formula is C76H126O6. The smallest absolute Gasteiger partial charge is 0.306 e. The largest absolute Gasteiger partial charge is 0.462 e. The number of hydrogen-bond donors (Lipinski definition) is 0. The number of carbonyl (C=O) groups is 3. The lowest BCUT2D eigenvalue weighted by atomic mass is 10.0. The van der Waals surface area contributed by atoms with Crippen LogP contribution in [0, 0.1) is 0 Å². The lowest BCUT2D eigenvalue weighted by Gasteiger charge is -2.18. The zero-order valence-electron chi connectivity index (χ0n) is 53.5. The van der Waals surface area contributed by atoms with E-state index >= 15 is 0 Å². The fourth-order valence-corrected chi connectivity index (χ4v) is 9.36. The summed E-state index contributed by atoms with van der Waals surface area (Å²) in [5, 5.41) is 0. The maximum atomic E-state index is 12.9. The van der Waals surface area contributed by atoms with Crippen molar-refractivity contribution in [2.24, 2.45) is 0 Å². The van der Waals surface area contributed by atoms with Crippen LogP contribution >= 0.6 is 0 Å². The molecule has 466 valence electrons. The highest BCUT2D eigenvalue weighted by Crippen LogP contribution is 2.16. The van der Waals surface area contributed by atoms with Gasteiger partial charge in [-0.1, -0.05) is 309 Å². The van der Waals surface area contributed by atoms with E-state index in [1.807, 2.05) is 0 Å². The fraction of sp³-hybridized carbons (Fsp3) is 0.671. The standard InChI is InChI=1S/C76H126O6/c1-4-7-10-13-16-19-22-25-28-31-33-34-35-36-37-38-39-40-41-42-44-45-48-51-54-57-60-63-66-69-75(78)81-72-73(71-80-74(77)68-65-62-59-56-53-50-47-30-27-24-21-18-15-12-9-6-3)82-76(79)70-67-64-61-58-55-52-49-46-43-32-29-26-23-20-17-14-11-8-5-2/h7-8,10-11,16-17,19-20,25-26,28-29,33-34,36-37,39-40,43,46,52,55,73H,4-6,9,12-15,18,21-24,27,30-32,35,38,41-42,44-45,47-51,53-54,56-72H2,1-3H3/b10-7-,11-8-,19-16-,20-17-,28-25-,29-26-,34-33-,37-36-,40-39-,46-43-,55-52-. The minimum atomic E-state index is -0.802. The molecule has 0 aliphatic carbocycles. The molecule has 0 aliphatic rings. The molecule has 0 saturated heterocycles. The Morgan fingerprint density at radius 3 is 0.756 bits per heavy atom. The van der Waals surface area contributed by atoms with Crippen molar-refractivity contribution in [1.82, 2.24) is 0 Å². The molecule has 0 aromatic carbocycles. The third-order valence-corrected chi connectivity index (χ3v) is 14.4. The first-order valence-corrected chi connectivity index (χ1v) is 34.2. The second-order valence-corrected chi connectivity index (χ2v) is 22.3. The molecule has 0 heterocycles. The molecule has 0 aromatic rings. The molecular weight excluding hydrogens is 1010 g/mol. The molecule has 6 nitrogen and oxygen atoms in total. The molecule has 0 fully saturated rings. The van der Waals surface area contributed by atoms with Crippen LogP contribution < -0.4 is 0 Å². The quantitative estimate of drug-likeness (QED) is 0.0261. The molecule has 0 spiro atoms. The van der Waals surface area contributed by atoms with Crippen LogP contribution in [0.5, 0.6) is 0 Å². The van der Waals surface area contributed by atoms with Gasteiger partial charge >= 0.3 is 17.9 Å². The summed E-state index contributed by atoms with van der Waals surface area (Å²) in [7, 11) is 0. The van der Waals surface area contributed by atoms with Crippen LogP contribution in [-0.4, -0.2) is 37.2 Å². The lowest BCUT2D eigenvalue weighted by molar-refractivity contribution is -0.167. The van der Waals surface area contributed by atoms with Gasteiger partial charge in [-0.3, -0.25) is 14.4 Å². The summed E-state index contributed by atoms with van der Waals surface area (Å²) in [6.45, 7) is 6.41. The normalized spacial score (nSPS) is 13.0. The maximum absolute atomic E-state index is 12.9. The Bertz CT molecular complexity index is 1730. The van der Waals surface area contributed by atoms with E-state index in [9.17, 15) is 14.4 Å². The minimum Gasteiger partial charge on any atom is -0.462 e. The van der Waals surface area contributed by atoms with Gasteiger partial charge in [-0.05, 0) is 116 Å². The first-order chi connectivity index (χ1) is 40.5. The van der Waals surface area contributed by atoms with Gasteiger partial charge in [0.1, 0.15) is 13.2 Å². The summed E-state index contributed by atoms with van der Waals surface area (Å²) in [6, 6.07) is 0. The Balaban J connectivity index is 4.38. The van der Waals surface area contributed by atoms with E-state index in [4.69, 9.17) is 14.2 Å². The average molecular weight is 1140 g/mol. The highest BCUT2D eigenvalue weighted by atomic mass is 16.6. The third kappa shape index (κ3) is 66.4. The van der Waals surface area contributed by atoms with Crippen molar-refractivity contribution in [1.29, 1.82) is 0 Å². The van der Waals surface area contributed by atoms with Crippen molar-refractivity contribution in [3.05, 3.63) is 134 Å². The molecule has 0 bridgehead atoms. The monoisotopic (exact) mass is 1130 g/mol. The second kappa shape index (κ2) is 69.0. The van der Waals surface area contributed by atoms with E-state index in [-0.39, 0.29) is 37.5 Å². The molecule has 1 unspecified atom stereocenters. The highest BCUT2D eigenvalue weighted by molar-refractivity contribution is 5.71. The lowest BCUT2D eigenvalue weighted by Crippen LogP contribution is -2.30. The highest BCUT2D eigenvalue weighted by Gasteiger charge is 2.19. The Hall–Kier alpha value is -4.45. The Labute approximate surface area is 506 Å². The van der Waals surface area contributed by atoms with Gasteiger partial charge in [0.15, 0.2) is 6.10 Å².